The lowest BCUT2D eigenvalue weighted by atomic mass is 9.85. The molecule has 1 N–H and O–H groups in total. The highest BCUT2D eigenvalue weighted by Gasteiger charge is 2.19. The lowest BCUT2D eigenvalue weighted by Crippen LogP contribution is -2.16. The molecule has 0 saturated heterocycles. The van der Waals surface area contributed by atoms with Gasteiger partial charge < -0.3 is 14.8 Å². The van der Waals surface area contributed by atoms with E-state index in [-0.39, 0.29) is 5.41 Å². The minimum Gasteiger partial charge on any atom is -0.490 e. The molecule has 3 nitrogen and oxygen atoms in total. The Balaban J connectivity index is 1.88. The third kappa shape index (κ3) is 5.27. The Kier molecular flexibility index (Phi) is 6.27. The maximum absolute atomic E-state index is 5.97. The zero-order valence-corrected chi connectivity index (χ0v) is 15.5. The molecule has 0 amide bonds. The van der Waals surface area contributed by atoms with Crippen molar-refractivity contribution in [1.82, 2.24) is 5.32 Å². The molecule has 0 aliphatic heterocycles. The van der Waals surface area contributed by atoms with Crippen LogP contribution in [0.4, 0.5) is 0 Å². The van der Waals surface area contributed by atoms with Crippen molar-refractivity contribution in [1.29, 1.82) is 0 Å². The van der Waals surface area contributed by atoms with Crippen molar-refractivity contribution >= 4 is 0 Å². The number of benzene rings is 2. The van der Waals surface area contributed by atoms with Crippen LogP contribution in [0.25, 0.3) is 0 Å². The first kappa shape index (κ1) is 18.3. The van der Waals surface area contributed by atoms with Crippen LogP contribution in [0.2, 0.25) is 0 Å². The van der Waals surface area contributed by atoms with Crippen molar-refractivity contribution in [3.05, 3.63) is 59.2 Å². The second kappa shape index (κ2) is 8.20. The van der Waals surface area contributed by atoms with Gasteiger partial charge in [-0.2, -0.15) is 0 Å². The monoisotopic (exact) mass is 327 g/mol. The van der Waals surface area contributed by atoms with Crippen LogP contribution >= 0.6 is 0 Å². The Morgan fingerprint density at radius 1 is 0.917 bits per heavy atom. The first-order valence-corrected chi connectivity index (χ1v) is 8.50. The molecule has 0 aromatic heterocycles. The van der Waals surface area contributed by atoms with Gasteiger partial charge in [-0.25, -0.2) is 0 Å². The SMILES string of the molecule is CNCc1ccc(OCCOc2ccc(C)cc2C(C)(C)C)cc1. The lowest BCUT2D eigenvalue weighted by Gasteiger charge is -2.23. The number of hydrogen-bond acceptors (Lipinski definition) is 3. The van der Waals surface area contributed by atoms with E-state index in [0.717, 1.165) is 18.0 Å². The summed E-state index contributed by atoms with van der Waals surface area (Å²) in [4.78, 5) is 0. The fourth-order valence-electron chi connectivity index (χ4n) is 2.57. The summed E-state index contributed by atoms with van der Waals surface area (Å²) in [5.74, 6) is 1.82. The summed E-state index contributed by atoms with van der Waals surface area (Å²) in [5.41, 5.74) is 3.80. The fourth-order valence-corrected chi connectivity index (χ4v) is 2.57. The quantitative estimate of drug-likeness (QED) is 0.761. The van der Waals surface area contributed by atoms with Crippen molar-refractivity contribution in [2.45, 2.75) is 39.7 Å². The van der Waals surface area contributed by atoms with E-state index in [1.54, 1.807) is 0 Å². The van der Waals surface area contributed by atoms with E-state index in [1.807, 2.05) is 19.2 Å². The Bertz CT molecular complexity index is 642. The van der Waals surface area contributed by atoms with Crippen LogP contribution in [0.1, 0.15) is 37.5 Å². The second-order valence-corrected chi connectivity index (χ2v) is 7.12. The van der Waals surface area contributed by atoms with Gasteiger partial charge >= 0.3 is 0 Å². The highest BCUT2D eigenvalue weighted by molar-refractivity contribution is 5.41. The predicted octanol–water partition coefficient (Wildman–Crippen LogP) is 4.47. The van der Waals surface area contributed by atoms with Crippen molar-refractivity contribution < 1.29 is 9.47 Å². The van der Waals surface area contributed by atoms with Crippen LogP contribution in [0.5, 0.6) is 11.5 Å². The van der Waals surface area contributed by atoms with Crippen LogP contribution < -0.4 is 14.8 Å². The molecule has 0 spiro atoms. The third-order valence-corrected chi connectivity index (χ3v) is 3.86. The summed E-state index contributed by atoms with van der Waals surface area (Å²) in [6.07, 6.45) is 0. The molecule has 2 aromatic rings. The van der Waals surface area contributed by atoms with Crippen LogP contribution in [0.3, 0.4) is 0 Å². The Morgan fingerprint density at radius 2 is 1.58 bits per heavy atom. The summed E-state index contributed by atoms with van der Waals surface area (Å²) in [6.45, 7) is 10.7. The summed E-state index contributed by atoms with van der Waals surface area (Å²) >= 11 is 0. The molecule has 0 saturated carbocycles. The van der Waals surface area contributed by atoms with Crippen molar-refractivity contribution in [2.75, 3.05) is 20.3 Å². The van der Waals surface area contributed by atoms with Crippen molar-refractivity contribution in [2.24, 2.45) is 0 Å². The Labute approximate surface area is 146 Å². The smallest absolute Gasteiger partial charge is 0.123 e. The molecule has 130 valence electrons. The maximum Gasteiger partial charge on any atom is 0.123 e. The number of nitrogens with one attached hydrogen (secondary N) is 1. The summed E-state index contributed by atoms with van der Waals surface area (Å²) in [5, 5.41) is 3.13. The average Bonchev–Trinajstić information content (AvgIpc) is 2.53. The molecule has 0 unspecified atom stereocenters. The average molecular weight is 327 g/mol. The standard InChI is InChI=1S/C21H29NO2/c1-16-6-11-20(19(14-16)21(2,3)4)24-13-12-23-18-9-7-17(8-10-18)15-22-5/h6-11,14,22H,12-13,15H2,1-5H3. The zero-order chi connectivity index (χ0) is 17.6. The van der Waals surface area contributed by atoms with Crippen LogP contribution in [0, 0.1) is 6.92 Å². The van der Waals surface area contributed by atoms with Gasteiger partial charge in [0.1, 0.15) is 24.7 Å². The molecule has 0 radical (unpaired) electrons. The van der Waals surface area contributed by atoms with E-state index in [9.17, 15) is 0 Å². The van der Waals surface area contributed by atoms with Crippen LogP contribution in [-0.2, 0) is 12.0 Å². The summed E-state index contributed by atoms with van der Waals surface area (Å²) in [7, 11) is 1.94. The minimum absolute atomic E-state index is 0.0609. The molecule has 0 heterocycles. The van der Waals surface area contributed by atoms with Gasteiger partial charge in [0.05, 0.1) is 0 Å². The van der Waals surface area contributed by atoms with Gasteiger partial charge in [0, 0.05) is 6.54 Å². The molecular formula is C21H29NO2. The molecular weight excluding hydrogens is 298 g/mol. The topological polar surface area (TPSA) is 30.5 Å². The number of ether oxygens (including phenoxy) is 2. The largest absolute Gasteiger partial charge is 0.490 e. The van der Waals surface area contributed by atoms with Gasteiger partial charge in [0.2, 0.25) is 0 Å². The molecule has 0 fully saturated rings. The van der Waals surface area contributed by atoms with E-state index in [2.05, 4.69) is 63.3 Å². The van der Waals surface area contributed by atoms with Gasteiger partial charge in [0.15, 0.2) is 0 Å². The highest BCUT2D eigenvalue weighted by Crippen LogP contribution is 2.32. The second-order valence-electron chi connectivity index (χ2n) is 7.12. The fraction of sp³-hybridized carbons (Fsp3) is 0.429. The van der Waals surface area contributed by atoms with Crippen molar-refractivity contribution in [3.63, 3.8) is 0 Å². The lowest BCUT2D eigenvalue weighted by molar-refractivity contribution is 0.214. The number of rotatable bonds is 7. The molecule has 2 aromatic carbocycles. The molecule has 0 aliphatic carbocycles. The molecule has 0 aliphatic rings. The van der Waals surface area contributed by atoms with E-state index in [1.165, 1.54) is 16.7 Å². The van der Waals surface area contributed by atoms with Crippen LogP contribution in [-0.4, -0.2) is 20.3 Å². The van der Waals surface area contributed by atoms with Gasteiger partial charge in [-0.15, -0.1) is 0 Å². The minimum atomic E-state index is 0.0609. The molecule has 0 atom stereocenters. The highest BCUT2D eigenvalue weighted by atomic mass is 16.5. The number of hydrogen-bond donors (Lipinski definition) is 1. The molecule has 3 heteroatoms. The van der Waals surface area contributed by atoms with Gasteiger partial charge in [-0.05, 0) is 48.7 Å². The summed E-state index contributed by atoms with van der Waals surface area (Å²) in [6, 6.07) is 14.5. The third-order valence-electron chi connectivity index (χ3n) is 3.86. The van der Waals surface area contributed by atoms with E-state index < -0.39 is 0 Å². The van der Waals surface area contributed by atoms with E-state index >= 15 is 0 Å². The first-order chi connectivity index (χ1) is 11.4. The first-order valence-electron chi connectivity index (χ1n) is 8.50. The van der Waals surface area contributed by atoms with Gasteiger partial charge in [-0.3, -0.25) is 0 Å². The van der Waals surface area contributed by atoms with Crippen molar-refractivity contribution in [3.8, 4) is 11.5 Å². The molecule has 0 bridgehead atoms. The summed E-state index contributed by atoms with van der Waals surface area (Å²) < 4.78 is 11.7. The normalized spacial score (nSPS) is 11.4. The van der Waals surface area contributed by atoms with E-state index in [4.69, 9.17) is 9.47 Å². The Morgan fingerprint density at radius 3 is 2.21 bits per heavy atom. The van der Waals surface area contributed by atoms with Crippen LogP contribution in [0.15, 0.2) is 42.5 Å². The molecule has 24 heavy (non-hydrogen) atoms. The van der Waals surface area contributed by atoms with Gasteiger partial charge in [-0.1, -0.05) is 50.6 Å². The predicted molar refractivity (Wildman–Crippen MR) is 100 cm³/mol. The molecule has 2 rings (SSSR count). The number of aryl methyl sites for hydroxylation is 1. The maximum atomic E-state index is 5.97. The zero-order valence-electron chi connectivity index (χ0n) is 15.5. The van der Waals surface area contributed by atoms with Gasteiger partial charge in [0.25, 0.3) is 0 Å². The van der Waals surface area contributed by atoms with E-state index in [0.29, 0.717) is 13.2 Å². The Hall–Kier alpha value is -2.00.